The van der Waals surface area contributed by atoms with Crippen molar-refractivity contribution >= 4 is 40.1 Å². The van der Waals surface area contributed by atoms with E-state index in [2.05, 4.69) is 5.32 Å². The van der Waals surface area contributed by atoms with Crippen molar-refractivity contribution in [2.45, 2.75) is 6.17 Å². The Morgan fingerprint density at radius 2 is 2.08 bits per heavy atom. The van der Waals surface area contributed by atoms with Crippen LogP contribution in [-0.2, 0) is 14.4 Å². The summed E-state index contributed by atoms with van der Waals surface area (Å²) in [6.07, 6.45) is -1.14. The van der Waals surface area contributed by atoms with Gasteiger partial charge in [-0.15, -0.1) is 0 Å². The standard InChI is InChI=1S/C15H19FIN5O4/c1-22(2)14(20-10-4-3-8(17)7-9(10)16)11(12(18)24)21(26-6-5-23)15(22)13(19)25/h3-4,7,15,23H,5-6H2,1-2H3,(H4-,18,19,20,24,25)/p+1. The summed E-state index contributed by atoms with van der Waals surface area (Å²) in [6.45, 7) is -0.540. The molecule has 2 rings (SSSR count). The highest BCUT2D eigenvalue weighted by Gasteiger charge is 2.54. The number of nitrogens with one attached hydrogen (secondary N) is 1. The molecule has 0 spiro atoms. The van der Waals surface area contributed by atoms with Gasteiger partial charge in [0, 0.05) is 3.57 Å². The fourth-order valence-corrected chi connectivity index (χ4v) is 3.19. The van der Waals surface area contributed by atoms with Crippen molar-refractivity contribution in [2.24, 2.45) is 11.5 Å². The Hall–Kier alpha value is -1.96. The molecular weight excluding hydrogens is 460 g/mol. The number of nitrogens with zero attached hydrogens (tertiary/aromatic N) is 2. The molecule has 9 nitrogen and oxygen atoms in total. The zero-order chi connectivity index (χ0) is 19.6. The maximum atomic E-state index is 14.3. The highest BCUT2D eigenvalue weighted by Crippen LogP contribution is 2.35. The van der Waals surface area contributed by atoms with Crippen LogP contribution in [0.1, 0.15) is 0 Å². The summed E-state index contributed by atoms with van der Waals surface area (Å²) >= 11 is 1.97. The number of amides is 2. The van der Waals surface area contributed by atoms with Crippen molar-refractivity contribution in [3.63, 3.8) is 0 Å². The number of hydrogen-bond acceptors (Lipinski definition) is 6. The number of carbonyl (C=O) groups excluding carboxylic acids is 2. The van der Waals surface area contributed by atoms with Crippen LogP contribution < -0.4 is 16.8 Å². The van der Waals surface area contributed by atoms with Crippen molar-refractivity contribution in [1.82, 2.24) is 5.06 Å². The lowest BCUT2D eigenvalue weighted by Crippen LogP contribution is -2.58. The number of aliphatic hydroxyl groups excluding tert-OH is 1. The van der Waals surface area contributed by atoms with E-state index in [1.165, 1.54) is 12.1 Å². The lowest BCUT2D eigenvalue weighted by molar-refractivity contribution is -0.874. The van der Waals surface area contributed by atoms with Crippen molar-refractivity contribution in [2.75, 3.05) is 32.6 Å². The molecule has 0 bridgehead atoms. The topological polar surface area (TPSA) is 131 Å². The third kappa shape index (κ3) is 3.75. The summed E-state index contributed by atoms with van der Waals surface area (Å²) < 4.78 is 14.7. The van der Waals surface area contributed by atoms with Gasteiger partial charge in [-0.05, 0) is 40.8 Å². The number of rotatable bonds is 7. The number of likely N-dealkylation sites (N-methyl/N-ethyl adjacent to an activating group) is 1. The van der Waals surface area contributed by atoms with Gasteiger partial charge in [0.25, 0.3) is 12.1 Å². The highest BCUT2D eigenvalue weighted by atomic mass is 127. The third-order valence-electron chi connectivity index (χ3n) is 3.85. The fraction of sp³-hybridized carbons (Fsp3) is 0.333. The highest BCUT2D eigenvalue weighted by molar-refractivity contribution is 14.1. The van der Waals surface area contributed by atoms with E-state index in [1.807, 2.05) is 22.6 Å². The van der Waals surface area contributed by atoms with Gasteiger partial charge >= 0.3 is 5.91 Å². The second kappa shape index (κ2) is 7.73. The van der Waals surface area contributed by atoms with E-state index in [1.54, 1.807) is 20.2 Å². The van der Waals surface area contributed by atoms with Crippen LogP contribution >= 0.6 is 22.6 Å². The van der Waals surface area contributed by atoms with Gasteiger partial charge in [0.15, 0.2) is 0 Å². The summed E-state index contributed by atoms with van der Waals surface area (Å²) in [5, 5.41) is 12.8. The summed E-state index contributed by atoms with van der Waals surface area (Å²) in [5.74, 6) is -2.09. The number of quaternary nitrogens is 1. The fourth-order valence-electron chi connectivity index (χ4n) is 2.74. The Morgan fingerprint density at radius 1 is 1.42 bits per heavy atom. The number of nitrogens with two attached hydrogens (primary N) is 2. The van der Waals surface area contributed by atoms with E-state index in [-0.39, 0.29) is 34.9 Å². The van der Waals surface area contributed by atoms with E-state index >= 15 is 0 Å². The molecule has 26 heavy (non-hydrogen) atoms. The van der Waals surface area contributed by atoms with Gasteiger partial charge in [-0.3, -0.25) is 14.4 Å². The van der Waals surface area contributed by atoms with Crippen LogP contribution in [0, 0.1) is 9.39 Å². The molecule has 0 saturated heterocycles. The minimum absolute atomic E-state index is 0.0950. The molecule has 11 heteroatoms. The Bertz CT molecular complexity index is 770. The molecule has 6 N–H and O–H groups in total. The number of hydrogen-bond donors (Lipinski definition) is 4. The molecule has 1 heterocycles. The first-order chi connectivity index (χ1) is 12.1. The van der Waals surface area contributed by atoms with Crippen LogP contribution in [-0.4, -0.2) is 59.9 Å². The van der Waals surface area contributed by atoms with Crippen LogP contribution in [0.25, 0.3) is 0 Å². The second-order valence-corrected chi connectivity index (χ2v) is 7.25. The molecule has 1 aromatic rings. The van der Waals surface area contributed by atoms with Gasteiger partial charge in [0.2, 0.25) is 11.5 Å². The number of aliphatic hydroxyl groups is 1. The van der Waals surface area contributed by atoms with E-state index in [9.17, 15) is 14.0 Å². The number of carbonyl (C=O) groups is 2. The van der Waals surface area contributed by atoms with Crippen LogP contribution in [0.15, 0.2) is 29.7 Å². The molecule has 142 valence electrons. The number of halogens is 2. The van der Waals surface area contributed by atoms with Gasteiger partial charge in [-0.2, -0.15) is 5.06 Å². The van der Waals surface area contributed by atoms with Crippen molar-refractivity contribution < 1.29 is 28.4 Å². The molecule has 0 radical (unpaired) electrons. The molecule has 0 aromatic heterocycles. The molecule has 0 saturated carbocycles. The lowest BCUT2D eigenvalue weighted by atomic mass is 10.3. The normalized spacial score (nSPS) is 19.0. The van der Waals surface area contributed by atoms with Gasteiger partial charge < -0.3 is 21.9 Å². The second-order valence-electron chi connectivity index (χ2n) is 6.01. The molecule has 1 atom stereocenters. The Morgan fingerprint density at radius 3 is 2.58 bits per heavy atom. The first-order valence-corrected chi connectivity index (χ1v) is 8.61. The van der Waals surface area contributed by atoms with Crippen LogP contribution in [0.3, 0.4) is 0 Å². The van der Waals surface area contributed by atoms with Crippen LogP contribution in [0.5, 0.6) is 0 Å². The van der Waals surface area contributed by atoms with Crippen molar-refractivity contribution in [1.29, 1.82) is 0 Å². The summed E-state index contributed by atoms with van der Waals surface area (Å²) in [6, 6.07) is 4.49. The van der Waals surface area contributed by atoms with E-state index in [0.717, 1.165) is 5.06 Å². The zero-order valence-corrected chi connectivity index (χ0v) is 16.4. The molecule has 0 fully saturated rings. The smallest absolute Gasteiger partial charge is 0.300 e. The Labute approximate surface area is 163 Å². The van der Waals surface area contributed by atoms with E-state index < -0.39 is 23.8 Å². The third-order valence-corrected chi connectivity index (χ3v) is 4.52. The van der Waals surface area contributed by atoms with Gasteiger partial charge in [0.1, 0.15) is 5.82 Å². The molecule has 1 aromatic carbocycles. The predicted molar refractivity (Wildman–Crippen MR) is 98.9 cm³/mol. The minimum atomic E-state index is -1.14. The number of primary amides is 2. The molecule has 0 aliphatic carbocycles. The molecule has 1 aliphatic rings. The minimum Gasteiger partial charge on any atom is -0.394 e. The van der Waals surface area contributed by atoms with Crippen LogP contribution in [0.4, 0.5) is 10.1 Å². The SMILES string of the molecule is C[N+]1(C)C(Nc2ccc(I)cc2F)=C(C(N)=O)N(OCCO)C1C(N)=O. The molecule has 2 amide bonds. The van der Waals surface area contributed by atoms with Crippen molar-refractivity contribution in [3.05, 3.63) is 39.1 Å². The first-order valence-electron chi connectivity index (χ1n) is 7.54. The summed E-state index contributed by atoms with van der Waals surface area (Å²) in [7, 11) is 3.18. The summed E-state index contributed by atoms with van der Waals surface area (Å²) in [4.78, 5) is 29.4. The van der Waals surface area contributed by atoms with Crippen molar-refractivity contribution in [3.8, 4) is 0 Å². The predicted octanol–water partition coefficient (Wildman–Crippen LogP) is -0.376. The number of hydroxylamine groups is 2. The lowest BCUT2D eigenvalue weighted by Gasteiger charge is -2.33. The largest absolute Gasteiger partial charge is 0.394 e. The Kier molecular flexibility index (Phi) is 6.05. The van der Waals surface area contributed by atoms with Gasteiger partial charge in [-0.25, -0.2) is 8.87 Å². The first kappa shape index (κ1) is 20.4. The van der Waals surface area contributed by atoms with Crippen LogP contribution in [0.2, 0.25) is 0 Å². The quantitative estimate of drug-likeness (QED) is 0.311. The number of anilines is 1. The Balaban J connectivity index is 2.57. The maximum Gasteiger partial charge on any atom is 0.300 e. The number of benzene rings is 1. The van der Waals surface area contributed by atoms with E-state index in [0.29, 0.717) is 3.57 Å². The molecular formula is C15H20FIN5O4+. The maximum absolute atomic E-state index is 14.3. The molecule has 1 aliphatic heterocycles. The average Bonchev–Trinajstić information content (AvgIpc) is 2.74. The molecule has 1 unspecified atom stereocenters. The summed E-state index contributed by atoms with van der Waals surface area (Å²) in [5.41, 5.74) is 10.9. The average molecular weight is 480 g/mol. The van der Waals surface area contributed by atoms with Gasteiger partial charge in [-0.1, -0.05) is 0 Å². The zero-order valence-electron chi connectivity index (χ0n) is 14.2. The van der Waals surface area contributed by atoms with Gasteiger partial charge in [0.05, 0.1) is 33.0 Å². The van der Waals surface area contributed by atoms with E-state index in [4.69, 9.17) is 21.4 Å². The monoisotopic (exact) mass is 480 g/mol.